The summed E-state index contributed by atoms with van der Waals surface area (Å²) in [6.45, 7) is 0. The number of hydrogen-bond acceptors (Lipinski definition) is 4. The molecule has 0 atom stereocenters. The van der Waals surface area contributed by atoms with Gasteiger partial charge in [-0.3, -0.25) is 0 Å². The summed E-state index contributed by atoms with van der Waals surface area (Å²) < 4.78 is 11.0. The molecule has 112 valence electrons. The lowest BCUT2D eigenvalue weighted by Gasteiger charge is -2.02. The Morgan fingerprint density at radius 3 is 2.77 bits per heavy atom. The fourth-order valence-corrected chi connectivity index (χ4v) is 3.90. The molecule has 2 heterocycles. The quantitative estimate of drug-likeness (QED) is 0.392. The summed E-state index contributed by atoms with van der Waals surface area (Å²) in [5.74, 6) is 1.06. The van der Waals surface area contributed by atoms with E-state index in [2.05, 4.69) is 51.3 Å². The van der Waals surface area contributed by atoms with Crippen molar-refractivity contribution in [1.82, 2.24) is 8.75 Å². The Kier molecular flexibility index (Phi) is 5.19. The molecule has 0 aliphatic rings. The average Bonchev–Trinajstić information content (AvgIpc) is 3.01. The summed E-state index contributed by atoms with van der Waals surface area (Å²) in [4.78, 5) is 0. The Morgan fingerprint density at radius 1 is 1.09 bits per heavy atom. The van der Waals surface area contributed by atoms with E-state index < -0.39 is 0 Å². The molecule has 0 saturated carbocycles. The van der Waals surface area contributed by atoms with Gasteiger partial charge in [-0.2, -0.15) is 8.75 Å². The summed E-state index contributed by atoms with van der Waals surface area (Å²) in [7, 11) is 2.02. The first-order chi connectivity index (χ1) is 10.8. The van der Waals surface area contributed by atoms with E-state index in [4.69, 9.17) is 0 Å². The molecule has 0 bridgehead atoms. The number of nitrogens with zero attached hydrogens (tertiary/aromatic N) is 3. The number of hydrogen-bond donors (Lipinski definition) is 0. The van der Waals surface area contributed by atoms with Crippen LogP contribution in [-0.2, 0) is 13.5 Å². The number of aryl methyl sites for hydroxylation is 2. The van der Waals surface area contributed by atoms with E-state index in [1.165, 1.54) is 17.3 Å². The van der Waals surface area contributed by atoms with Gasteiger partial charge in [-0.1, -0.05) is 30.3 Å². The molecule has 0 N–H and O–H groups in total. The third-order valence-electron chi connectivity index (χ3n) is 3.36. The zero-order chi connectivity index (χ0) is 15.2. The predicted octanol–water partition coefficient (Wildman–Crippen LogP) is 3.75. The summed E-state index contributed by atoms with van der Waals surface area (Å²) in [5, 5.41) is 1.05. The molecule has 0 fully saturated rings. The van der Waals surface area contributed by atoms with Crippen molar-refractivity contribution in [2.75, 3.05) is 5.75 Å². The minimum atomic E-state index is 1.01. The summed E-state index contributed by atoms with van der Waals surface area (Å²) in [6.07, 6.45) is 6.37. The van der Waals surface area contributed by atoms with Crippen molar-refractivity contribution in [3.63, 3.8) is 0 Å². The van der Waals surface area contributed by atoms with E-state index in [-0.39, 0.29) is 0 Å². The second-order valence-electron chi connectivity index (χ2n) is 5.11. The second kappa shape index (κ2) is 7.51. The van der Waals surface area contributed by atoms with Crippen molar-refractivity contribution in [1.29, 1.82) is 0 Å². The number of aromatic nitrogens is 3. The molecule has 1 aromatic carbocycles. The highest BCUT2D eigenvalue weighted by atomic mass is 32.2. The van der Waals surface area contributed by atoms with Crippen LogP contribution in [0.2, 0.25) is 0 Å². The van der Waals surface area contributed by atoms with Crippen LogP contribution in [0.25, 0.3) is 11.3 Å². The highest BCUT2D eigenvalue weighted by molar-refractivity contribution is 7.99. The van der Waals surface area contributed by atoms with Gasteiger partial charge in [0.15, 0.2) is 12.4 Å². The van der Waals surface area contributed by atoms with Gasteiger partial charge in [0.1, 0.15) is 17.8 Å². The number of rotatable bonds is 6. The van der Waals surface area contributed by atoms with Crippen molar-refractivity contribution in [2.45, 2.75) is 17.9 Å². The summed E-state index contributed by atoms with van der Waals surface area (Å²) in [5.41, 5.74) is 3.53. The highest BCUT2D eigenvalue weighted by Crippen LogP contribution is 2.29. The molecule has 5 heteroatoms. The SMILES string of the molecule is C[n+]1cccc(-c2nsnc2SCCCc2ccccc2)c1. The minimum Gasteiger partial charge on any atom is -0.207 e. The van der Waals surface area contributed by atoms with E-state index in [1.807, 2.05) is 23.9 Å². The van der Waals surface area contributed by atoms with Gasteiger partial charge in [0.25, 0.3) is 0 Å². The van der Waals surface area contributed by atoms with Crippen LogP contribution in [0.4, 0.5) is 0 Å². The van der Waals surface area contributed by atoms with Crippen LogP contribution < -0.4 is 4.57 Å². The van der Waals surface area contributed by atoms with Crippen LogP contribution in [-0.4, -0.2) is 14.5 Å². The maximum absolute atomic E-state index is 4.46. The summed E-state index contributed by atoms with van der Waals surface area (Å²) >= 11 is 3.09. The van der Waals surface area contributed by atoms with Gasteiger partial charge < -0.3 is 0 Å². The van der Waals surface area contributed by atoms with Crippen LogP contribution >= 0.6 is 23.5 Å². The Balaban J connectivity index is 1.59. The molecule has 0 unspecified atom stereocenters. The zero-order valence-corrected chi connectivity index (χ0v) is 14.1. The second-order valence-corrected chi connectivity index (χ2v) is 6.73. The Hall–Kier alpha value is -1.72. The maximum Gasteiger partial charge on any atom is 0.178 e. The number of benzene rings is 1. The van der Waals surface area contributed by atoms with Gasteiger partial charge >= 0.3 is 0 Å². The molecule has 0 spiro atoms. The van der Waals surface area contributed by atoms with Crippen molar-refractivity contribution in [3.05, 3.63) is 60.4 Å². The molecule has 22 heavy (non-hydrogen) atoms. The molecule has 0 aliphatic carbocycles. The number of thioether (sulfide) groups is 1. The zero-order valence-electron chi connectivity index (χ0n) is 12.5. The topological polar surface area (TPSA) is 29.7 Å². The van der Waals surface area contributed by atoms with Crippen molar-refractivity contribution >= 4 is 23.5 Å². The first-order valence-corrected chi connectivity index (χ1v) is 8.99. The van der Waals surface area contributed by atoms with Gasteiger partial charge in [0.05, 0.1) is 17.3 Å². The lowest BCUT2D eigenvalue weighted by atomic mass is 10.1. The van der Waals surface area contributed by atoms with Crippen molar-refractivity contribution in [3.8, 4) is 11.3 Å². The Morgan fingerprint density at radius 2 is 1.95 bits per heavy atom. The molecular formula is C17H18N3S2+. The van der Waals surface area contributed by atoms with Crippen LogP contribution in [0.5, 0.6) is 0 Å². The standard InChI is InChI=1S/C17H18N3S2/c1-20-11-5-10-15(13-20)16-17(19-22-18-16)21-12-6-9-14-7-3-2-4-8-14/h2-5,7-8,10-11,13H,6,9,12H2,1H3/q+1. The molecule has 3 nitrogen and oxygen atoms in total. The molecule has 3 aromatic rings. The number of pyridine rings is 1. The Bertz CT molecular complexity index is 726. The molecule has 3 rings (SSSR count). The monoisotopic (exact) mass is 328 g/mol. The van der Waals surface area contributed by atoms with Gasteiger partial charge in [-0.05, 0) is 30.2 Å². The van der Waals surface area contributed by atoms with E-state index in [0.717, 1.165) is 34.9 Å². The van der Waals surface area contributed by atoms with Crippen LogP contribution in [0.1, 0.15) is 12.0 Å². The molecular weight excluding hydrogens is 310 g/mol. The van der Waals surface area contributed by atoms with E-state index in [1.54, 1.807) is 11.8 Å². The van der Waals surface area contributed by atoms with E-state index in [0.29, 0.717) is 0 Å². The molecule has 0 aliphatic heterocycles. The van der Waals surface area contributed by atoms with Crippen LogP contribution in [0, 0.1) is 0 Å². The minimum absolute atomic E-state index is 1.01. The third kappa shape index (κ3) is 3.93. The van der Waals surface area contributed by atoms with E-state index >= 15 is 0 Å². The molecule has 0 saturated heterocycles. The normalized spacial score (nSPS) is 10.8. The van der Waals surface area contributed by atoms with Gasteiger partial charge in [0, 0.05) is 6.07 Å². The van der Waals surface area contributed by atoms with Crippen LogP contribution in [0.3, 0.4) is 0 Å². The highest BCUT2D eigenvalue weighted by Gasteiger charge is 2.13. The first kappa shape index (κ1) is 15.2. The third-order valence-corrected chi connectivity index (χ3v) is 5.06. The predicted molar refractivity (Wildman–Crippen MR) is 92.0 cm³/mol. The van der Waals surface area contributed by atoms with Gasteiger partial charge in [0.2, 0.25) is 0 Å². The maximum atomic E-state index is 4.46. The van der Waals surface area contributed by atoms with Crippen LogP contribution in [0.15, 0.2) is 59.9 Å². The van der Waals surface area contributed by atoms with Gasteiger partial charge in [-0.15, -0.1) is 11.8 Å². The lowest BCUT2D eigenvalue weighted by Crippen LogP contribution is -2.26. The largest absolute Gasteiger partial charge is 0.207 e. The lowest BCUT2D eigenvalue weighted by molar-refractivity contribution is -0.671. The van der Waals surface area contributed by atoms with Crippen molar-refractivity contribution < 1.29 is 4.57 Å². The Labute approximate surface area is 139 Å². The molecule has 0 amide bonds. The molecule has 2 aromatic heterocycles. The molecule has 0 radical (unpaired) electrons. The fourth-order valence-electron chi connectivity index (χ4n) is 2.27. The smallest absolute Gasteiger partial charge is 0.178 e. The van der Waals surface area contributed by atoms with Crippen molar-refractivity contribution in [2.24, 2.45) is 7.05 Å². The first-order valence-electron chi connectivity index (χ1n) is 7.28. The summed E-state index contributed by atoms with van der Waals surface area (Å²) in [6, 6.07) is 14.8. The van der Waals surface area contributed by atoms with E-state index in [9.17, 15) is 0 Å². The van der Waals surface area contributed by atoms with Gasteiger partial charge in [-0.25, -0.2) is 4.57 Å². The fraction of sp³-hybridized carbons (Fsp3) is 0.235. The average molecular weight is 328 g/mol.